The summed E-state index contributed by atoms with van der Waals surface area (Å²) in [6.07, 6.45) is 1.58. The van der Waals surface area contributed by atoms with Gasteiger partial charge >= 0.3 is 5.97 Å². The standard InChI is InChI=1S/C26H35NO6S/c1-5-32-26(28)16-21(9-8-14-31-4)22-13-12-19(2)23(15-22)18-27-17-20(3)33-24-10-6-7-11-25(24)34(27,29)30/h6-7,10-13,15,20-21H,5,8-9,14,16-18H2,1-4H3. The number of para-hydroxylation sites is 1. The van der Waals surface area contributed by atoms with E-state index in [2.05, 4.69) is 0 Å². The predicted octanol–water partition coefficient (Wildman–Crippen LogP) is 4.43. The number of ether oxygens (including phenoxy) is 3. The molecule has 1 heterocycles. The Balaban J connectivity index is 1.90. The lowest BCUT2D eigenvalue weighted by molar-refractivity contribution is -0.143. The van der Waals surface area contributed by atoms with Crippen molar-refractivity contribution in [2.24, 2.45) is 0 Å². The summed E-state index contributed by atoms with van der Waals surface area (Å²) >= 11 is 0. The molecule has 34 heavy (non-hydrogen) atoms. The second kappa shape index (κ2) is 11.8. The molecule has 2 aromatic rings. The van der Waals surface area contributed by atoms with Crippen LogP contribution in [0.1, 0.15) is 55.7 Å². The van der Waals surface area contributed by atoms with E-state index in [4.69, 9.17) is 14.2 Å². The highest BCUT2D eigenvalue weighted by molar-refractivity contribution is 7.89. The molecule has 0 amide bonds. The van der Waals surface area contributed by atoms with Crippen molar-refractivity contribution in [3.8, 4) is 5.75 Å². The van der Waals surface area contributed by atoms with Crippen LogP contribution in [0.25, 0.3) is 0 Å². The predicted molar refractivity (Wildman–Crippen MR) is 130 cm³/mol. The second-order valence-electron chi connectivity index (χ2n) is 8.70. The third-order valence-corrected chi connectivity index (χ3v) is 7.92. The molecule has 2 aromatic carbocycles. The topological polar surface area (TPSA) is 82.1 Å². The maximum Gasteiger partial charge on any atom is 0.306 e. The summed E-state index contributed by atoms with van der Waals surface area (Å²) in [5.74, 6) is 0.123. The van der Waals surface area contributed by atoms with Crippen molar-refractivity contribution in [3.63, 3.8) is 0 Å². The van der Waals surface area contributed by atoms with Crippen LogP contribution in [-0.2, 0) is 30.8 Å². The number of fused-ring (bicyclic) bond motifs is 1. The van der Waals surface area contributed by atoms with Gasteiger partial charge in [-0.2, -0.15) is 4.31 Å². The minimum atomic E-state index is -3.73. The van der Waals surface area contributed by atoms with E-state index in [1.54, 1.807) is 38.3 Å². The number of carbonyl (C=O) groups excluding carboxylic acids is 1. The molecule has 1 aliphatic heterocycles. The molecule has 0 N–H and O–H groups in total. The third kappa shape index (κ3) is 6.37. The van der Waals surface area contributed by atoms with Crippen molar-refractivity contribution in [3.05, 3.63) is 59.2 Å². The van der Waals surface area contributed by atoms with Crippen LogP contribution in [0.4, 0.5) is 0 Å². The number of esters is 1. The highest BCUT2D eigenvalue weighted by Crippen LogP contribution is 2.33. The molecule has 2 atom stereocenters. The van der Waals surface area contributed by atoms with Gasteiger partial charge in [0.1, 0.15) is 16.7 Å². The van der Waals surface area contributed by atoms with Gasteiger partial charge in [-0.1, -0.05) is 30.3 Å². The summed E-state index contributed by atoms with van der Waals surface area (Å²) in [7, 11) is -2.06. The first-order valence-electron chi connectivity index (χ1n) is 11.8. The summed E-state index contributed by atoms with van der Waals surface area (Å²) in [6, 6.07) is 12.8. The molecule has 0 saturated carbocycles. The lowest BCUT2D eigenvalue weighted by Gasteiger charge is -2.24. The monoisotopic (exact) mass is 489 g/mol. The Labute approximate surface area is 203 Å². The van der Waals surface area contributed by atoms with Crippen LogP contribution in [0.15, 0.2) is 47.4 Å². The first-order valence-corrected chi connectivity index (χ1v) is 13.2. The van der Waals surface area contributed by atoms with E-state index in [0.29, 0.717) is 19.0 Å². The summed E-state index contributed by atoms with van der Waals surface area (Å²) in [4.78, 5) is 12.4. The lowest BCUT2D eigenvalue weighted by atomic mass is 9.89. The number of benzene rings is 2. The second-order valence-corrected chi connectivity index (χ2v) is 10.6. The van der Waals surface area contributed by atoms with Crippen molar-refractivity contribution in [2.75, 3.05) is 26.9 Å². The third-order valence-electron chi connectivity index (χ3n) is 6.07. The fourth-order valence-corrected chi connectivity index (χ4v) is 5.89. The number of rotatable bonds is 10. The van der Waals surface area contributed by atoms with Gasteiger partial charge in [-0.15, -0.1) is 0 Å². The van der Waals surface area contributed by atoms with Crippen LogP contribution in [0, 0.1) is 6.92 Å². The minimum Gasteiger partial charge on any atom is -0.488 e. The van der Waals surface area contributed by atoms with Crippen LogP contribution < -0.4 is 4.74 Å². The molecular formula is C26H35NO6S. The highest BCUT2D eigenvalue weighted by atomic mass is 32.2. The Morgan fingerprint density at radius 1 is 1.24 bits per heavy atom. The number of sulfonamides is 1. The molecule has 8 heteroatoms. The number of methoxy groups -OCH3 is 1. The van der Waals surface area contributed by atoms with E-state index in [1.165, 1.54) is 4.31 Å². The summed E-state index contributed by atoms with van der Waals surface area (Å²) in [6.45, 7) is 7.09. The number of hydrogen-bond donors (Lipinski definition) is 0. The molecule has 0 aliphatic carbocycles. The molecule has 0 aromatic heterocycles. The van der Waals surface area contributed by atoms with Crippen molar-refractivity contribution >= 4 is 16.0 Å². The molecule has 1 aliphatic rings. The van der Waals surface area contributed by atoms with Gasteiger partial charge in [0.15, 0.2) is 0 Å². The molecule has 7 nitrogen and oxygen atoms in total. The van der Waals surface area contributed by atoms with Crippen LogP contribution in [-0.4, -0.2) is 51.7 Å². The van der Waals surface area contributed by atoms with Crippen molar-refractivity contribution in [2.45, 2.75) is 63.5 Å². The van der Waals surface area contributed by atoms with Gasteiger partial charge in [0.05, 0.1) is 19.6 Å². The Morgan fingerprint density at radius 3 is 2.74 bits per heavy atom. The fourth-order valence-electron chi connectivity index (χ4n) is 4.28. The Kier molecular flexibility index (Phi) is 9.10. The highest BCUT2D eigenvalue weighted by Gasteiger charge is 2.33. The maximum atomic E-state index is 13.5. The van der Waals surface area contributed by atoms with E-state index in [1.807, 2.05) is 32.0 Å². The van der Waals surface area contributed by atoms with Gasteiger partial charge < -0.3 is 14.2 Å². The molecular weight excluding hydrogens is 454 g/mol. The van der Waals surface area contributed by atoms with Gasteiger partial charge in [-0.25, -0.2) is 8.42 Å². The van der Waals surface area contributed by atoms with Crippen LogP contribution >= 0.6 is 0 Å². The Bertz CT molecular complexity index is 1080. The fraction of sp³-hybridized carbons (Fsp3) is 0.500. The van der Waals surface area contributed by atoms with Crippen LogP contribution in [0.5, 0.6) is 5.75 Å². The molecule has 0 radical (unpaired) electrons. The summed E-state index contributed by atoms with van der Waals surface area (Å²) < 4.78 is 44.7. The van der Waals surface area contributed by atoms with E-state index in [0.717, 1.165) is 29.5 Å². The first kappa shape index (κ1) is 26.2. The SMILES string of the molecule is CCOC(=O)CC(CCCOC)c1ccc(C)c(CN2CC(C)Oc3ccccc3S2(=O)=O)c1. The zero-order valence-electron chi connectivity index (χ0n) is 20.5. The molecule has 0 fully saturated rings. The normalized spacial score (nSPS) is 18.4. The zero-order chi connectivity index (χ0) is 24.7. The van der Waals surface area contributed by atoms with Gasteiger partial charge in [0.2, 0.25) is 10.0 Å². The van der Waals surface area contributed by atoms with Crippen LogP contribution in [0.3, 0.4) is 0 Å². The largest absolute Gasteiger partial charge is 0.488 e. The van der Waals surface area contributed by atoms with E-state index < -0.39 is 10.0 Å². The van der Waals surface area contributed by atoms with E-state index in [9.17, 15) is 13.2 Å². The van der Waals surface area contributed by atoms with Gasteiger partial charge in [0, 0.05) is 20.3 Å². The summed E-state index contributed by atoms with van der Waals surface area (Å²) in [5, 5.41) is 0. The van der Waals surface area contributed by atoms with Crippen LogP contribution in [0.2, 0.25) is 0 Å². The number of aryl methyl sites for hydroxylation is 1. The van der Waals surface area contributed by atoms with E-state index in [-0.39, 0.29) is 42.4 Å². The van der Waals surface area contributed by atoms with Gasteiger partial charge in [0.25, 0.3) is 0 Å². The molecule has 3 rings (SSSR count). The van der Waals surface area contributed by atoms with Crippen molar-refractivity contribution < 1.29 is 27.4 Å². The zero-order valence-corrected chi connectivity index (χ0v) is 21.3. The Hall–Kier alpha value is -2.42. The molecule has 186 valence electrons. The van der Waals surface area contributed by atoms with Crippen molar-refractivity contribution in [1.82, 2.24) is 4.31 Å². The lowest BCUT2D eigenvalue weighted by Crippen LogP contribution is -2.35. The number of hydrogen-bond acceptors (Lipinski definition) is 6. The summed E-state index contributed by atoms with van der Waals surface area (Å²) in [5.41, 5.74) is 2.91. The molecule has 0 spiro atoms. The van der Waals surface area contributed by atoms with Gasteiger partial charge in [-0.3, -0.25) is 4.79 Å². The number of carbonyl (C=O) groups is 1. The van der Waals surface area contributed by atoms with E-state index >= 15 is 0 Å². The molecule has 2 unspecified atom stereocenters. The van der Waals surface area contributed by atoms with Gasteiger partial charge in [-0.05, 0) is 68.4 Å². The molecule has 0 saturated heterocycles. The first-order chi connectivity index (χ1) is 16.3. The quantitative estimate of drug-likeness (QED) is 0.363. The maximum absolute atomic E-state index is 13.5. The number of nitrogens with zero attached hydrogens (tertiary/aromatic N) is 1. The van der Waals surface area contributed by atoms with Crippen molar-refractivity contribution in [1.29, 1.82) is 0 Å². The smallest absolute Gasteiger partial charge is 0.306 e. The molecule has 0 bridgehead atoms. The average molecular weight is 490 g/mol. The average Bonchev–Trinajstić information content (AvgIpc) is 2.88. The minimum absolute atomic E-state index is 0.0303. The Morgan fingerprint density at radius 2 is 2.00 bits per heavy atom.